The van der Waals surface area contributed by atoms with Crippen molar-refractivity contribution in [3.8, 4) is 0 Å². The van der Waals surface area contributed by atoms with Gasteiger partial charge in [-0.05, 0) is 26.5 Å². The van der Waals surface area contributed by atoms with Gasteiger partial charge in [0, 0.05) is 19.6 Å². The van der Waals surface area contributed by atoms with Crippen LogP contribution in [0.3, 0.4) is 0 Å². The molecule has 0 spiro atoms. The number of hydrogen-bond acceptors (Lipinski definition) is 6. The van der Waals surface area contributed by atoms with Gasteiger partial charge in [-0.25, -0.2) is 0 Å². The topological polar surface area (TPSA) is 87.6 Å². The molecule has 8 nitrogen and oxygen atoms in total. The van der Waals surface area contributed by atoms with Crippen molar-refractivity contribution < 1.29 is 14.3 Å². The predicted molar refractivity (Wildman–Crippen MR) is 84.2 cm³/mol. The predicted octanol–water partition coefficient (Wildman–Crippen LogP) is 0.573. The van der Waals surface area contributed by atoms with Crippen molar-refractivity contribution in [3.63, 3.8) is 0 Å². The van der Waals surface area contributed by atoms with Gasteiger partial charge in [-0.2, -0.15) is 0 Å². The molecule has 4 heterocycles. The number of carbonyl (C=O) groups is 1. The molecule has 1 N–H and O–H groups in total. The molecule has 0 radical (unpaired) electrons. The molecule has 0 aromatic carbocycles. The highest BCUT2D eigenvalue weighted by molar-refractivity contribution is 5.95. The smallest absolute Gasteiger partial charge is 0.257 e. The maximum Gasteiger partial charge on any atom is 0.257 e. The van der Waals surface area contributed by atoms with Gasteiger partial charge in [0.25, 0.3) is 5.91 Å². The van der Waals surface area contributed by atoms with E-state index in [-0.39, 0.29) is 18.1 Å². The first-order valence-electron chi connectivity index (χ1n) is 8.18. The second-order valence-corrected chi connectivity index (χ2v) is 6.59. The van der Waals surface area contributed by atoms with Crippen LogP contribution in [-0.4, -0.2) is 61.8 Å². The lowest BCUT2D eigenvalue weighted by Gasteiger charge is -2.29. The number of aliphatic hydroxyl groups is 1. The summed E-state index contributed by atoms with van der Waals surface area (Å²) in [7, 11) is 1.99. The van der Waals surface area contributed by atoms with Crippen LogP contribution in [0.1, 0.15) is 40.2 Å². The van der Waals surface area contributed by atoms with Gasteiger partial charge >= 0.3 is 0 Å². The Labute approximate surface area is 139 Å². The van der Waals surface area contributed by atoms with Crippen LogP contribution in [-0.2, 0) is 13.1 Å². The molecule has 0 saturated carbocycles. The molecule has 2 aliphatic heterocycles. The van der Waals surface area contributed by atoms with Crippen LogP contribution in [0.4, 0.5) is 0 Å². The third-order valence-electron chi connectivity index (χ3n) is 4.98. The second kappa shape index (κ2) is 5.71. The first-order chi connectivity index (χ1) is 11.5. The third kappa shape index (κ3) is 2.42. The molecule has 0 unspecified atom stereocenters. The fourth-order valence-corrected chi connectivity index (χ4v) is 3.65. The summed E-state index contributed by atoms with van der Waals surface area (Å²) in [5.41, 5.74) is 0.599. The van der Waals surface area contributed by atoms with Gasteiger partial charge in [-0.15, -0.1) is 10.2 Å². The lowest BCUT2D eigenvalue weighted by atomic mass is 10.1. The van der Waals surface area contributed by atoms with Crippen molar-refractivity contribution in [1.29, 1.82) is 0 Å². The highest BCUT2D eigenvalue weighted by Gasteiger charge is 2.35. The molecule has 0 bridgehead atoms. The normalized spacial score (nSPS) is 24.4. The van der Waals surface area contributed by atoms with Gasteiger partial charge in [0.2, 0.25) is 0 Å². The summed E-state index contributed by atoms with van der Waals surface area (Å²) in [6, 6.07) is 1.79. The highest BCUT2D eigenvalue weighted by atomic mass is 16.3. The average Bonchev–Trinajstić information content (AvgIpc) is 3.24. The molecule has 1 saturated heterocycles. The van der Waals surface area contributed by atoms with Crippen molar-refractivity contribution in [3.05, 3.63) is 35.3 Å². The molecule has 1 amide bonds. The van der Waals surface area contributed by atoms with Gasteiger partial charge in [0.15, 0.2) is 11.6 Å². The minimum atomic E-state index is -0.321. The zero-order valence-corrected chi connectivity index (χ0v) is 13.8. The number of carbonyl (C=O) groups excluding carboxylic acids is 1. The Kier molecular flexibility index (Phi) is 3.65. The van der Waals surface area contributed by atoms with E-state index in [1.54, 1.807) is 17.9 Å². The molecule has 1 fully saturated rings. The number of likely N-dealkylation sites (tertiary alicyclic amines) is 1. The van der Waals surface area contributed by atoms with E-state index in [0.717, 1.165) is 11.6 Å². The fourth-order valence-electron chi connectivity index (χ4n) is 3.65. The monoisotopic (exact) mass is 331 g/mol. The van der Waals surface area contributed by atoms with Crippen molar-refractivity contribution in [2.45, 2.75) is 38.6 Å². The summed E-state index contributed by atoms with van der Waals surface area (Å²) in [5, 5.41) is 18.5. The molecule has 2 aromatic heterocycles. The van der Waals surface area contributed by atoms with Crippen LogP contribution in [0.25, 0.3) is 0 Å². The van der Waals surface area contributed by atoms with Gasteiger partial charge in [0.05, 0.1) is 30.5 Å². The van der Waals surface area contributed by atoms with Crippen molar-refractivity contribution in [1.82, 2.24) is 24.6 Å². The number of nitrogens with zero attached hydrogens (tertiary/aromatic N) is 5. The van der Waals surface area contributed by atoms with Crippen LogP contribution in [0.5, 0.6) is 0 Å². The molecule has 4 rings (SSSR count). The molecule has 128 valence electrons. The minimum absolute atomic E-state index is 0.0366. The summed E-state index contributed by atoms with van der Waals surface area (Å²) < 4.78 is 7.32. The second-order valence-electron chi connectivity index (χ2n) is 6.59. The molecule has 0 aliphatic carbocycles. The summed E-state index contributed by atoms with van der Waals surface area (Å²) in [6.07, 6.45) is 1.89. The number of β-amino-alcohol motifs (C(OH)–C–C–N with tert-alkyl or cyclic N) is 1. The van der Waals surface area contributed by atoms with E-state index in [1.807, 2.05) is 7.05 Å². The Morgan fingerprint density at radius 2 is 2.21 bits per heavy atom. The van der Waals surface area contributed by atoms with E-state index in [9.17, 15) is 9.90 Å². The minimum Gasteiger partial charge on any atom is -0.469 e. The Balaban J connectivity index is 1.55. The Hall–Kier alpha value is -2.19. The van der Waals surface area contributed by atoms with Crippen LogP contribution < -0.4 is 0 Å². The van der Waals surface area contributed by atoms with Crippen LogP contribution in [0.15, 0.2) is 16.7 Å². The van der Waals surface area contributed by atoms with Crippen LogP contribution in [0.2, 0.25) is 0 Å². The SMILES string of the molecule is Cc1occc1C(=O)N1CCn2c(nnc2[C@@H]2C[C@@H](O)CN2C)C1. The van der Waals surface area contributed by atoms with Crippen molar-refractivity contribution in [2.24, 2.45) is 0 Å². The van der Waals surface area contributed by atoms with Crippen molar-refractivity contribution in [2.75, 3.05) is 20.1 Å². The lowest BCUT2D eigenvalue weighted by molar-refractivity contribution is 0.0703. The molecule has 2 aromatic rings. The van der Waals surface area contributed by atoms with E-state index in [4.69, 9.17) is 4.42 Å². The van der Waals surface area contributed by atoms with E-state index >= 15 is 0 Å². The Bertz CT molecular complexity index is 768. The van der Waals surface area contributed by atoms with Gasteiger partial charge < -0.3 is 19.0 Å². The van der Waals surface area contributed by atoms with E-state index < -0.39 is 0 Å². The number of rotatable bonds is 2. The first kappa shape index (κ1) is 15.3. The molecular weight excluding hydrogens is 310 g/mol. The number of aliphatic hydroxyl groups excluding tert-OH is 1. The number of amides is 1. The number of aromatic nitrogens is 3. The summed E-state index contributed by atoms with van der Waals surface area (Å²) in [6.45, 7) is 4.16. The fraction of sp³-hybridized carbons (Fsp3) is 0.562. The lowest BCUT2D eigenvalue weighted by Crippen LogP contribution is -2.39. The Morgan fingerprint density at radius 3 is 2.88 bits per heavy atom. The van der Waals surface area contributed by atoms with Gasteiger partial charge in [-0.3, -0.25) is 9.69 Å². The standard InChI is InChI=1S/C16H21N5O3/c1-10-12(3-6-24-10)16(23)20-4-5-21-14(9-20)17-18-15(21)13-7-11(22)8-19(13)2/h3,6,11,13,22H,4-5,7-9H2,1-2H3/t11-,13+/m1/s1. The summed E-state index contributed by atoms with van der Waals surface area (Å²) in [4.78, 5) is 16.5. The number of hydrogen-bond donors (Lipinski definition) is 1. The molecule has 8 heteroatoms. The largest absolute Gasteiger partial charge is 0.469 e. The van der Waals surface area contributed by atoms with E-state index in [2.05, 4.69) is 19.7 Å². The average molecular weight is 331 g/mol. The number of aryl methyl sites for hydroxylation is 1. The quantitative estimate of drug-likeness (QED) is 0.866. The van der Waals surface area contributed by atoms with Crippen molar-refractivity contribution >= 4 is 5.91 Å². The van der Waals surface area contributed by atoms with Gasteiger partial charge in [-0.1, -0.05) is 0 Å². The first-order valence-corrected chi connectivity index (χ1v) is 8.18. The van der Waals surface area contributed by atoms with Crippen LogP contribution in [0, 0.1) is 6.92 Å². The molecule has 2 aliphatic rings. The third-order valence-corrected chi connectivity index (χ3v) is 4.98. The number of likely N-dealkylation sites (N-methyl/N-ethyl adjacent to an activating group) is 1. The Morgan fingerprint density at radius 1 is 1.38 bits per heavy atom. The summed E-state index contributed by atoms with van der Waals surface area (Å²) in [5.74, 6) is 2.27. The number of fused-ring (bicyclic) bond motifs is 1. The van der Waals surface area contributed by atoms with E-state index in [1.165, 1.54) is 6.26 Å². The zero-order valence-electron chi connectivity index (χ0n) is 13.8. The highest BCUT2D eigenvalue weighted by Crippen LogP contribution is 2.31. The molecular formula is C16H21N5O3. The molecule has 24 heavy (non-hydrogen) atoms. The molecule has 2 atom stereocenters. The van der Waals surface area contributed by atoms with Crippen LogP contribution >= 0.6 is 0 Å². The maximum atomic E-state index is 12.6. The zero-order chi connectivity index (χ0) is 16.8. The number of furan rings is 1. The maximum absolute atomic E-state index is 12.6. The summed E-state index contributed by atoms with van der Waals surface area (Å²) >= 11 is 0. The van der Waals surface area contributed by atoms with Gasteiger partial charge in [0.1, 0.15) is 5.76 Å². The van der Waals surface area contributed by atoms with E-state index in [0.29, 0.717) is 43.9 Å².